The maximum atomic E-state index is 12.0. The number of nitrogens with one attached hydrogen (secondary N) is 3. The number of hydrogen-bond donors (Lipinski definition) is 4. The Morgan fingerprint density at radius 3 is 2.50 bits per heavy atom. The summed E-state index contributed by atoms with van der Waals surface area (Å²) in [7, 11) is 0. The number of carbonyl (C=O) groups excluding carboxylic acids is 1. The van der Waals surface area contributed by atoms with Crippen LogP contribution in [0, 0.1) is 0 Å². The topological polar surface area (TPSA) is 131 Å². The average molecular weight is 322 g/mol. The minimum absolute atomic E-state index is 0.248. The summed E-state index contributed by atoms with van der Waals surface area (Å²) in [5, 5.41) is 2.98. The van der Waals surface area contributed by atoms with Crippen LogP contribution in [0.15, 0.2) is 55.2 Å². The first-order chi connectivity index (χ1) is 11.7. The molecular weight excluding hydrogens is 308 g/mol. The van der Waals surface area contributed by atoms with Crippen molar-refractivity contribution in [2.75, 3.05) is 16.5 Å². The highest BCUT2D eigenvalue weighted by molar-refractivity contribution is 5.95. The molecule has 5 N–H and O–H groups in total. The molecule has 0 unspecified atom stereocenters. The van der Waals surface area contributed by atoms with Crippen LogP contribution in [0.3, 0.4) is 0 Å². The minimum atomic E-state index is -0.338. The lowest BCUT2D eigenvalue weighted by Gasteiger charge is -2.12. The molecule has 9 heteroatoms. The van der Waals surface area contributed by atoms with Crippen LogP contribution >= 0.6 is 0 Å². The van der Waals surface area contributed by atoms with Crippen molar-refractivity contribution in [1.82, 2.24) is 25.4 Å². The van der Waals surface area contributed by atoms with Crippen LogP contribution in [0.5, 0.6) is 0 Å². The smallest absolute Gasteiger partial charge is 0.269 e. The van der Waals surface area contributed by atoms with E-state index in [0.717, 1.165) is 0 Å². The molecule has 0 aliphatic rings. The lowest BCUT2D eigenvalue weighted by molar-refractivity contribution is 0.0962. The van der Waals surface area contributed by atoms with Crippen molar-refractivity contribution in [2.45, 2.75) is 0 Å². The lowest BCUT2D eigenvalue weighted by atomic mass is 10.3. The van der Waals surface area contributed by atoms with E-state index in [1.165, 1.54) is 18.7 Å². The molecule has 0 aliphatic carbocycles. The SMILES string of the molecule is Nc1c(NNC(=O)c2ccncc2)ncnc1Nc1ccccn1. The van der Waals surface area contributed by atoms with E-state index >= 15 is 0 Å². The van der Waals surface area contributed by atoms with Crippen molar-refractivity contribution in [3.05, 3.63) is 60.8 Å². The molecule has 3 rings (SSSR count). The van der Waals surface area contributed by atoms with Gasteiger partial charge in [-0.3, -0.25) is 20.6 Å². The molecule has 0 fully saturated rings. The zero-order chi connectivity index (χ0) is 16.8. The average Bonchev–Trinajstić information content (AvgIpc) is 2.64. The van der Waals surface area contributed by atoms with Gasteiger partial charge in [-0.2, -0.15) is 0 Å². The monoisotopic (exact) mass is 322 g/mol. The number of rotatable bonds is 5. The largest absolute Gasteiger partial charge is 0.393 e. The molecule has 0 saturated heterocycles. The summed E-state index contributed by atoms with van der Waals surface area (Å²) in [5.41, 5.74) is 11.9. The third-order valence-electron chi connectivity index (χ3n) is 3.03. The lowest BCUT2D eigenvalue weighted by Crippen LogP contribution is -2.30. The van der Waals surface area contributed by atoms with E-state index in [-0.39, 0.29) is 17.4 Å². The molecule has 3 heterocycles. The number of nitrogens with zero attached hydrogens (tertiary/aromatic N) is 4. The number of hydrazine groups is 1. The maximum Gasteiger partial charge on any atom is 0.269 e. The Hall–Kier alpha value is -3.75. The Labute approximate surface area is 137 Å². The van der Waals surface area contributed by atoms with Gasteiger partial charge in [-0.05, 0) is 24.3 Å². The second-order valence-corrected chi connectivity index (χ2v) is 4.64. The van der Waals surface area contributed by atoms with Crippen LogP contribution in [0.1, 0.15) is 10.4 Å². The van der Waals surface area contributed by atoms with Crippen molar-refractivity contribution in [3.63, 3.8) is 0 Å². The van der Waals surface area contributed by atoms with Gasteiger partial charge in [0.1, 0.15) is 17.8 Å². The predicted octanol–water partition coefficient (Wildman–Crippen LogP) is 1.35. The Morgan fingerprint density at radius 1 is 0.958 bits per heavy atom. The number of nitrogen functional groups attached to an aromatic ring is 1. The summed E-state index contributed by atoms with van der Waals surface area (Å²) in [6.45, 7) is 0. The van der Waals surface area contributed by atoms with Gasteiger partial charge in [0.25, 0.3) is 5.91 Å². The number of pyridine rings is 2. The summed E-state index contributed by atoms with van der Waals surface area (Å²) in [4.78, 5) is 28.1. The van der Waals surface area contributed by atoms with E-state index in [0.29, 0.717) is 17.2 Å². The summed E-state index contributed by atoms with van der Waals surface area (Å²) < 4.78 is 0. The molecule has 1 amide bonds. The summed E-state index contributed by atoms with van der Waals surface area (Å²) in [5.74, 6) is 0.902. The number of nitrogens with two attached hydrogens (primary N) is 1. The Balaban J connectivity index is 1.70. The van der Waals surface area contributed by atoms with E-state index in [1.54, 1.807) is 30.5 Å². The molecule has 24 heavy (non-hydrogen) atoms. The molecule has 3 aromatic heterocycles. The molecule has 9 nitrogen and oxygen atoms in total. The van der Waals surface area contributed by atoms with Crippen LogP contribution in [-0.4, -0.2) is 25.8 Å². The van der Waals surface area contributed by atoms with E-state index in [2.05, 4.69) is 36.1 Å². The first-order valence-electron chi connectivity index (χ1n) is 6.99. The fraction of sp³-hybridized carbons (Fsp3) is 0. The molecule has 0 radical (unpaired) electrons. The highest BCUT2D eigenvalue weighted by Gasteiger charge is 2.10. The standard InChI is InChI=1S/C15H14N8O/c16-12-13(21-11-3-1-2-6-18-11)19-9-20-14(12)22-23-15(24)10-4-7-17-8-5-10/h1-9H,16H2,(H,23,24)(H2,18,19,20,21,22). The predicted molar refractivity (Wildman–Crippen MR) is 89.3 cm³/mol. The molecule has 0 bridgehead atoms. The number of amides is 1. The minimum Gasteiger partial charge on any atom is -0.393 e. The number of aromatic nitrogens is 4. The third kappa shape index (κ3) is 3.53. The second-order valence-electron chi connectivity index (χ2n) is 4.64. The van der Waals surface area contributed by atoms with Gasteiger partial charge >= 0.3 is 0 Å². The molecule has 0 atom stereocenters. The molecule has 0 aliphatic heterocycles. The zero-order valence-electron chi connectivity index (χ0n) is 12.5. The Morgan fingerprint density at radius 2 is 1.75 bits per heavy atom. The molecule has 0 aromatic carbocycles. The highest BCUT2D eigenvalue weighted by Crippen LogP contribution is 2.24. The van der Waals surface area contributed by atoms with Gasteiger partial charge in [-0.25, -0.2) is 15.0 Å². The van der Waals surface area contributed by atoms with E-state index < -0.39 is 0 Å². The van der Waals surface area contributed by atoms with Crippen LogP contribution in [0.2, 0.25) is 0 Å². The molecule has 120 valence electrons. The first kappa shape index (κ1) is 15.2. The van der Waals surface area contributed by atoms with E-state index in [9.17, 15) is 4.79 Å². The molecular formula is C15H14N8O. The van der Waals surface area contributed by atoms with Gasteiger partial charge in [0.2, 0.25) is 0 Å². The highest BCUT2D eigenvalue weighted by atomic mass is 16.2. The van der Waals surface area contributed by atoms with Crippen molar-refractivity contribution in [1.29, 1.82) is 0 Å². The van der Waals surface area contributed by atoms with Crippen molar-refractivity contribution >= 4 is 29.0 Å². The quantitative estimate of drug-likeness (QED) is 0.518. The summed E-state index contributed by atoms with van der Waals surface area (Å²) in [6, 6.07) is 8.60. The van der Waals surface area contributed by atoms with Crippen LogP contribution < -0.4 is 21.9 Å². The number of carbonyl (C=O) groups is 1. The van der Waals surface area contributed by atoms with Gasteiger partial charge in [-0.1, -0.05) is 6.07 Å². The van der Waals surface area contributed by atoms with Crippen LogP contribution in [-0.2, 0) is 0 Å². The summed E-state index contributed by atoms with van der Waals surface area (Å²) in [6.07, 6.45) is 6.03. The van der Waals surface area contributed by atoms with Crippen LogP contribution in [0.25, 0.3) is 0 Å². The van der Waals surface area contributed by atoms with E-state index in [1.807, 2.05) is 6.07 Å². The van der Waals surface area contributed by atoms with Crippen molar-refractivity contribution in [3.8, 4) is 0 Å². The zero-order valence-corrected chi connectivity index (χ0v) is 12.5. The fourth-order valence-electron chi connectivity index (χ4n) is 1.84. The number of anilines is 4. The van der Waals surface area contributed by atoms with Gasteiger partial charge in [-0.15, -0.1) is 0 Å². The molecule has 3 aromatic rings. The first-order valence-corrected chi connectivity index (χ1v) is 6.99. The molecule has 0 saturated carbocycles. The summed E-state index contributed by atoms with van der Waals surface area (Å²) >= 11 is 0. The Kier molecular flexibility index (Phi) is 4.43. The van der Waals surface area contributed by atoms with Crippen molar-refractivity contribution in [2.24, 2.45) is 0 Å². The van der Waals surface area contributed by atoms with Gasteiger partial charge < -0.3 is 11.1 Å². The van der Waals surface area contributed by atoms with Crippen LogP contribution in [0.4, 0.5) is 23.1 Å². The number of hydrogen-bond acceptors (Lipinski definition) is 8. The van der Waals surface area contributed by atoms with Gasteiger partial charge in [0, 0.05) is 24.2 Å². The normalized spacial score (nSPS) is 10.0. The maximum absolute atomic E-state index is 12.0. The van der Waals surface area contributed by atoms with Gasteiger partial charge in [0.15, 0.2) is 11.6 Å². The van der Waals surface area contributed by atoms with E-state index in [4.69, 9.17) is 5.73 Å². The molecule has 0 spiro atoms. The van der Waals surface area contributed by atoms with Gasteiger partial charge in [0.05, 0.1) is 0 Å². The second kappa shape index (κ2) is 7.01. The fourth-order valence-corrected chi connectivity index (χ4v) is 1.84. The Bertz CT molecular complexity index is 825. The third-order valence-corrected chi connectivity index (χ3v) is 3.03. The van der Waals surface area contributed by atoms with Crippen molar-refractivity contribution < 1.29 is 4.79 Å².